The highest BCUT2D eigenvalue weighted by Gasteiger charge is 2.28. The number of benzene rings is 1. The van der Waals surface area contributed by atoms with Crippen molar-refractivity contribution in [1.82, 2.24) is 9.78 Å². The average molecular weight is 234 g/mol. The third-order valence-electron chi connectivity index (χ3n) is 2.95. The van der Waals surface area contributed by atoms with Crippen molar-refractivity contribution in [2.24, 2.45) is 7.05 Å². The molecule has 0 radical (unpaired) electrons. The molecule has 17 heavy (non-hydrogen) atoms. The minimum atomic E-state index is -1.28. The molecule has 1 N–H and O–H groups in total. The van der Waals surface area contributed by atoms with Gasteiger partial charge in [-0.1, -0.05) is 12.1 Å². The van der Waals surface area contributed by atoms with E-state index in [2.05, 4.69) is 5.10 Å². The lowest BCUT2D eigenvalue weighted by Crippen LogP contribution is -2.24. The lowest BCUT2D eigenvalue weighted by molar-refractivity contribution is 0.0963. The third kappa shape index (κ3) is 2.08. The first-order valence-corrected chi connectivity index (χ1v) is 5.40. The zero-order chi connectivity index (χ0) is 12.6. The van der Waals surface area contributed by atoms with E-state index in [-0.39, 0.29) is 5.82 Å². The molecule has 1 atom stereocenters. The number of rotatable bonds is 2. The van der Waals surface area contributed by atoms with E-state index < -0.39 is 5.60 Å². The van der Waals surface area contributed by atoms with E-state index in [0.29, 0.717) is 16.8 Å². The molecule has 1 unspecified atom stereocenters. The van der Waals surface area contributed by atoms with Crippen LogP contribution in [0, 0.1) is 12.7 Å². The van der Waals surface area contributed by atoms with Gasteiger partial charge in [-0.2, -0.15) is 5.10 Å². The fraction of sp³-hybridized carbons (Fsp3) is 0.308. The van der Waals surface area contributed by atoms with Crippen LogP contribution >= 0.6 is 0 Å². The maximum atomic E-state index is 13.5. The Hall–Kier alpha value is -1.68. The van der Waals surface area contributed by atoms with Gasteiger partial charge < -0.3 is 5.11 Å². The number of aryl methyl sites for hydroxylation is 2. The largest absolute Gasteiger partial charge is 0.379 e. The molecule has 1 aromatic carbocycles. The highest BCUT2D eigenvalue weighted by molar-refractivity contribution is 5.33. The Balaban J connectivity index is 2.47. The summed E-state index contributed by atoms with van der Waals surface area (Å²) in [4.78, 5) is 0. The van der Waals surface area contributed by atoms with Crippen LogP contribution in [0.1, 0.15) is 23.7 Å². The fourth-order valence-corrected chi connectivity index (χ4v) is 1.72. The second-order valence-electron chi connectivity index (χ2n) is 4.41. The summed E-state index contributed by atoms with van der Waals surface area (Å²) in [5.41, 5.74) is 0.281. The molecular formula is C13H15FN2O. The maximum Gasteiger partial charge on any atom is 0.131 e. The molecule has 0 aliphatic rings. The predicted molar refractivity (Wildman–Crippen MR) is 63.0 cm³/mol. The van der Waals surface area contributed by atoms with Crippen molar-refractivity contribution in [3.63, 3.8) is 0 Å². The monoisotopic (exact) mass is 234 g/mol. The highest BCUT2D eigenvalue weighted by Crippen LogP contribution is 2.28. The summed E-state index contributed by atoms with van der Waals surface area (Å²) in [5.74, 6) is -0.321. The third-order valence-corrected chi connectivity index (χ3v) is 2.95. The van der Waals surface area contributed by atoms with Gasteiger partial charge >= 0.3 is 0 Å². The van der Waals surface area contributed by atoms with E-state index in [1.165, 1.54) is 6.07 Å². The molecule has 0 spiro atoms. The SMILES string of the molecule is Cc1ccc(C(C)(O)c2ccn(C)n2)cc1F. The van der Waals surface area contributed by atoms with Crippen molar-refractivity contribution in [2.75, 3.05) is 0 Å². The zero-order valence-corrected chi connectivity index (χ0v) is 10.1. The highest BCUT2D eigenvalue weighted by atomic mass is 19.1. The summed E-state index contributed by atoms with van der Waals surface area (Å²) in [6.07, 6.45) is 1.74. The Morgan fingerprint density at radius 3 is 2.59 bits per heavy atom. The number of nitrogens with zero attached hydrogens (tertiary/aromatic N) is 2. The Kier molecular flexibility index (Phi) is 2.75. The molecule has 2 rings (SSSR count). The van der Waals surface area contributed by atoms with Gasteiger partial charge in [0.15, 0.2) is 0 Å². The van der Waals surface area contributed by atoms with Crippen LogP contribution < -0.4 is 0 Å². The van der Waals surface area contributed by atoms with E-state index in [1.807, 2.05) is 0 Å². The standard InChI is InChI=1S/C13H15FN2O/c1-9-4-5-10(8-11(9)14)13(2,17)12-6-7-16(3)15-12/h4-8,17H,1-3H3. The van der Waals surface area contributed by atoms with Crippen LogP contribution in [-0.2, 0) is 12.6 Å². The predicted octanol–water partition coefficient (Wildman–Crippen LogP) is 2.12. The topological polar surface area (TPSA) is 38.0 Å². The first-order chi connectivity index (χ1) is 7.91. The second-order valence-corrected chi connectivity index (χ2v) is 4.41. The minimum absolute atomic E-state index is 0.321. The number of aromatic nitrogens is 2. The molecule has 1 heterocycles. The molecule has 0 aliphatic carbocycles. The van der Waals surface area contributed by atoms with Gasteiger partial charge in [0.25, 0.3) is 0 Å². The van der Waals surface area contributed by atoms with Crippen LogP contribution in [0.3, 0.4) is 0 Å². The molecular weight excluding hydrogens is 219 g/mol. The number of aliphatic hydroxyl groups is 1. The summed E-state index contributed by atoms with van der Waals surface area (Å²) in [6.45, 7) is 3.30. The van der Waals surface area contributed by atoms with Crippen LogP contribution in [0.15, 0.2) is 30.5 Å². The van der Waals surface area contributed by atoms with Crippen molar-refractivity contribution in [3.8, 4) is 0 Å². The average Bonchev–Trinajstić information content (AvgIpc) is 2.69. The molecule has 90 valence electrons. The quantitative estimate of drug-likeness (QED) is 0.864. The number of hydrogen-bond acceptors (Lipinski definition) is 2. The summed E-state index contributed by atoms with van der Waals surface area (Å²) in [5, 5.41) is 14.6. The van der Waals surface area contributed by atoms with E-state index in [9.17, 15) is 9.50 Å². The molecule has 0 bridgehead atoms. The van der Waals surface area contributed by atoms with E-state index in [0.717, 1.165) is 0 Å². The van der Waals surface area contributed by atoms with Crippen LogP contribution in [0.25, 0.3) is 0 Å². The maximum absolute atomic E-state index is 13.5. The molecule has 3 nitrogen and oxygen atoms in total. The summed E-state index contributed by atoms with van der Waals surface area (Å²) in [6, 6.07) is 6.44. The molecule has 4 heteroatoms. The van der Waals surface area contributed by atoms with Crippen molar-refractivity contribution in [3.05, 3.63) is 53.1 Å². The first-order valence-electron chi connectivity index (χ1n) is 5.40. The van der Waals surface area contributed by atoms with Gasteiger partial charge in [-0.25, -0.2) is 4.39 Å². The summed E-state index contributed by atoms with van der Waals surface area (Å²) in [7, 11) is 1.77. The van der Waals surface area contributed by atoms with E-state index >= 15 is 0 Å². The Morgan fingerprint density at radius 2 is 2.06 bits per heavy atom. The van der Waals surface area contributed by atoms with Gasteiger partial charge in [-0.15, -0.1) is 0 Å². The molecule has 0 saturated carbocycles. The smallest absolute Gasteiger partial charge is 0.131 e. The van der Waals surface area contributed by atoms with Crippen molar-refractivity contribution >= 4 is 0 Å². The van der Waals surface area contributed by atoms with Gasteiger partial charge in [0.05, 0.1) is 5.69 Å². The van der Waals surface area contributed by atoms with Crippen LogP contribution in [0.2, 0.25) is 0 Å². The molecule has 2 aromatic rings. The molecule has 0 amide bonds. The molecule has 0 fully saturated rings. The molecule has 0 saturated heterocycles. The van der Waals surface area contributed by atoms with E-state index in [1.54, 1.807) is 50.0 Å². The minimum Gasteiger partial charge on any atom is -0.379 e. The lowest BCUT2D eigenvalue weighted by atomic mass is 9.92. The molecule has 0 aliphatic heterocycles. The van der Waals surface area contributed by atoms with Crippen LogP contribution in [0.4, 0.5) is 4.39 Å². The van der Waals surface area contributed by atoms with Crippen molar-refractivity contribution in [2.45, 2.75) is 19.4 Å². The van der Waals surface area contributed by atoms with Crippen molar-refractivity contribution < 1.29 is 9.50 Å². The van der Waals surface area contributed by atoms with E-state index in [4.69, 9.17) is 0 Å². The molecule has 1 aromatic heterocycles. The fourth-order valence-electron chi connectivity index (χ4n) is 1.72. The van der Waals surface area contributed by atoms with Gasteiger partial charge in [-0.3, -0.25) is 4.68 Å². The zero-order valence-electron chi connectivity index (χ0n) is 10.1. The van der Waals surface area contributed by atoms with Crippen molar-refractivity contribution in [1.29, 1.82) is 0 Å². The number of halogens is 1. The Bertz CT molecular complexity index is 546. The van der Waals surface area contributed by atoms with Gasteiger partial charge in [-0.05, 0) is 37.1 Å². The van der Waals surface area contributed by atoms with Crippen LogP contribution in [-0.4, -0.2) is 14.9 Å². The number of hydrogen-bond donors (Lipinski definition) is 1. The first kappa shape index (κ1) is 11.8. The summed E-state index contributed by atoms with van der Waals surface area (Å²) < 4.78 is 15.1. The van der Waals surface area contributed by atoms with Gasteiger partial charge in [0.2, 0.25) is 0 Å². The second kappa shape index (κ2) is 3.96. The normalized spacial score (nSPS) is 14.6. The van der Waals surface area contributed by atoms with Gasteiger partial charge in [0.1, 0.15) is 11.4 Å². The van der Waals surface area contributed by atoms with Gasteiger partial charge in [0, 0.05) is 13.2 Å². The Labute approximate surface area is 99.5 Å². The Morgan fingerprint density at radius 1 is 1.35 bits per heavy atom. The van der Waals surface area contributed by atoms with Crippen LogP contribution in [0.5, 0.6) is 0 Å². The summed E-state index contributed by atoms with van der Waals surface area (Å²) >= 11 is 0. The lowest BCUT2D eigenvalue weighted by Gasteiger charge is -2.22.